The quantitative estimate of drug-likeness (QED) is 0.905. The lowest BCUT2D eigenvalue weighted by Gasteiger charge is -2.14. The smallest absolute Gasteiger partial charge is 0.126 e. The third kappa shape index (κ3) is 3.08. The predicted octanol–water partition coefficient (Wildman–Crippen LogP) is 3.65. The highest BCUT2D eigenvalue weighted by Crippen LogP contribution is 2.32. The molecule has 2 aromatic carbocycles. The SMILES string of the molecule is COc1ccc(CCNC2CCc3c(F)cccc32)cc1. The van der Waals surface area contributed by atoms with E-state index in [0.29, 0.717) is 0 Å². The van der Waals surface area contributed by atoms with E-state index in [2.05, 4.69) is 17.4 Å². The number of benzene rings is 2. The fourth-order valence-corrected chi connectivity index (χ4v) is 3.00. The summed E-state index contributed by atoms with van der Waals surface area (Å²) in [5.74, 6) is 0.818. The van der Waals surface area contributed by atoms with E-state index in [0.717, 1.165) is 42.7 Å². The number of rotatable bonds is 5. The summed E-state index contributed by atoms with van der Waals surface area (Å²) in [6, 6.07) is 13.8. The van der Waals surface area contributed by atoms with Crippen LogP contribution < -0.4 is 10.1 Å². The van der Waals surface area contributed by atoms with Gasteiger partial charge >= 0.3 is 0 Å². The second-order valence-corrected chi connectivity index (χ2v) is 5.45. The molecular weight excluding hydrogens is 265 g/mol. The minimum Gasteiger partial charge on any atom is -0.497 e. The average Bonchev–Trinajstić information content (AvgIpc) is 2.93. The molecule has 1 aliphatic rings. The van der Waals surface area contributed by atoms with E-state index < -0.39 is 0 Å². The molecular formula is C18H20FNO. The van der Waals surface area contributed by atoms with E-state index >= 15 is 0 Å². The molecule has 1 aliphatic carbocycles. The van der Waals surface area contributed by atoms with E-state index in [-0.39, 0.29) is 11.9 Å². The minimum absolute atomic E-state index is 0.0630. The van der Waals surface area contributed by atoms with Crippen LogP contribution in [0.15, 0.2) is 42.5 Å². The van der Waals surface area contributed by atoms with Crippen LogP contribution in [0.3, 0.4) is 0 Å². The van der Waals surface area contributed by atoms with Crippen molar-refractivity contribution in [1.82, 2.24) is 5.32 Å². The highest BCUT2D eigenvalue weighted by molar-refractivity contribution is 5.35. The zero-order chi connectivity index (χ0) is 14.7. The zero-order valence-electron chi connectivity index (χ0n) is 12.2. The van der Waals surface area contributed by atoms with Gasteiger partial charge in [-0.3, -0.25) is 0 Å². The topological polar surface area (TPSA) is 21.3 Å². The van der Waals surface area contributed by atoms with Gasteiger partial charge in [0.2, 0.25) is 0 Å². The molecule has 1 unspecified atom stereocenters. The fraction of sp³-hybridized carbons (Fsp3) is 0.333. The van der Waals surface area contributed by atoms with Gasteiger partial charge in [-0.15, -0.1) is 0 Å². The van der Waals surface area contributed by atoms with Gasteiger partial charge in [-0.25, -0.2) is 4.39 Å². The van der Waals surface area contributed by atoms with Crippen molar-refractivity contribution in [2.45, 2.75) is 25.3 Å². The highest BCUT2D eigenvalue weighted by Gasteiger charge is 2.23. The number of halogens is 1. The Morgan fingerprint density at radius 3 is 2.76 bits per heavy atom. The number of methoxy groups -OCH3 is 1. The maximum absolute atomic E-state index is 13.7. The molecule has 3 heteroatoms. The van der Waals surface area contributed by atoms with Gasteiger partial charge in [0.05, 0.1) is 7.11 Å². The van der Waals surface area contributed by atoms with Crippen molar-refractivity contribution >= 4 is 0 Å². The number of ether oxygens (including phenoxy) is 1. The molecule has 1 atom stereocenters. The Kier molecular flexibility index (Phi) is 4.20. The summed E-state index contributed by atoms with van der Waals surface area (Å²) in [4.78, 5) is 0. The Hall–Kier alpha value is -1.87. The molecule has 0 amide bonds. The Morgan fingerprint density at radius 2 is 2.00 bits per heavy atom. The zero-order valence-corrected chi connectivity index (χ0v) is 12.2. The van der Waals surface area contributed by atoms with Gasteiger partial charge < -0.3 is 10.1 Å². The molecule has 3 rings (SSSR count). The van der Waals surface area contributed by atoms with Gasteiger partial charge in [0.1, 0.15) is 11.6 Å². The fourth-order valence-electron chi connectivity index (χ4n) is 3.00. The number of nitrogens with one attached hydrogen (secondary N) is 1. The molecule has 21 heavy (non-hydrogen) atoms. The second-order valence-electron chi connectivity index (χ2n) is 5.45. The summed E-state index contributed by atoms with van der Waals surface area (Å²) in [6.07, 6.45) is 2.78. The molecule has 2 nitrogen and oxygen atoms in total. The molecule has 110 valence electrons. The van der Waals surface area contributed by atoms with Crippen molar-refractivity contribution in [2.24, 2.45) is 0 Å². The number of hydrogen-bond donors (Lipinski definition) is 1. The largest absolute Gasteiger partial charge is 0.497 e. The average molecular weight is 285 g/mol. The molecule has 0 bridgehead atoms. The van der Waals surface area contributed by atoms with E-state index in [9.17, 15) is 4.39 Å². The van der Waals surface area contributed by atoms with Crippen LogP contribution in [0, 0.1) is 5.82 Å². The van der Waals surface area contributed by atoms with Crippen LogP contribution >= 0.6 is 0 Å². The lowest BCUT2D eigenvalue weighted by Crippen LogP contribution is -2.21. The van der Waals surface area contributed by atoms with Crippen LogP contribution in [0.2, 0.25) is 0 Å². The molecule has 0 saturated carbocycles. The molecule has 0 saturated heterocycles. The summed E-state index contributed by atoms with van der Waals surface area (Å²) in [7, 11) is 1.67. The first-order chi connectivity index (χ1) is 10.3. The third-order valence-corrected chi connectivity index (χ3v) is 4.18. The Labute approximate surface area is 125 Å². The molecule has 0 spiro atoms. The van der Waals surface area contributed by atoms with Crippen molar-refractivity contribution in [2.75, 3.05) is 13.7 Å². The normalized spacial score (nSPS) is 16.8. The lowest BCUT2D eigenvalue weighted by molar-refractivity contribution is 0.414. The van der Waals surface area contributed by atoms with Crippen LogP contribution in [-0.4, -0.2) is 13.7 Å². The van der Waals surface area contributed by atoms with Gasteiger partial charge in [0, 0.05) is 6.04 Å². The van der Waals surface area contributed by atoms with Crippen LogP contribution in [0.4, 0.5) is 4.39 Å². The first kappa shape index (κ1) is 14.1. The molecule has 0 heterocycles. The van der Waals surface area contributed by atoms with Crippen LogP contribution in [0.5, 0.6) is 5.75 Å². The van der Waals surface area contributed by atoms with E-state index in [1.165, 1.54) is 5.56 Å². The third-order valence-electron chi connectivity index (χ3n) is 4.18. The van der Waals surface area contributed by atoms with Gasteiger partial charge in [-0.05, 0) is 60.7 Å². The van der Waals surface area contributed by atoms with Gasteiger partial charge in [0.25, 0.3) is 0 Å². The molecule has 1 N–H and O–H groups in total. The maximum atomic E-state index is 13.7. The van der Waals surface area contributed by atoms with Gasteiger partial charge in [-0.1, -0.05) is 24.3 Å². The van der Waals surface area contributed by atoms with E-state index in [4.69, 9.17) is 4.74 Å². The summed E-state index contributed by atoms with van der Waals surface area (Å²) < 4.78 is 18.8. The summed E-state index contributed by atoms with van der Waals surface area (Å²) in [5.41, 5.74) is 3.30. The highest BCUT2D eigenvalue weighted by atomic mass is 19.1. The standard InChI is InChI=1S/C18H20FNO/c1-21-14-7-5-13(6-8-14)11-12-20-18-10-9-15-16(18)3-2-4-17(15)19/h2-8,18,20H,9-12H2,1H3. The molecule has 0 fully saturated rings. The predicted molar refractivity (Wildman–Crippen MR) is 82.2 cm³/mol. The first-order valence-electron chi connectivity index (χ1n) is 7.41. The summed E-state index contributed by atoms with van der Waals surface area (Å²) >= 11 is 0. The van der Waals surface area contributed by atoms with Crippen LogP contribution in [-0.2, 0) is 12.8 Å². The minimum atomic E-state index is -0.0630. The second kappa shape index (κ2) is 6.27. The molecule has 0 aliphatic heterocycles. The van der Waals surface area contributed by atoms with Crippen LogP contribution in [0.25, 0.3) is 0 Å². The van der Waals surface area contributed by atoms with Crippen molar-refractivity contribution in [3.8, 4) is 5.75 Å². The Bertz CT molecular complexity index is 609. The van der Waals surface area contributed by atoms with Gasteiger partial charge in [0.15, 0.2) is 0 Å². The molecule has 0 aromatic heterocycles. The van der Waals surface area contributed by atoms with Gasteiger partial charge in [-0.2, -0.15) is 0 Å². The first-order valence-corrected chi connectivity index (χ1v) is 7.41. The Balaban J connectivity index is 1.56. The van der Waals surface area contributed by atoms with E-state index in [1.807, 2.05) is 18.2 Å². The number of fused-ring (bicyclic) bond motifs is 1. The lowest BCUT2D eigenvalue weighted by atomic mass is 10.1. The van der Waals surface area contributed by atoms with Crippen LogP contribution in [0.1, 0.15) is 29.2 Å². The van der Waals surface area contributed by atoms with E-state index in [1.54, 1.807) is 19.2 Å². The summed E-state index contributed by atoms with van der Waals surface area (Å²) in [6.45, 7) is 0.896. The summed E-state index contributed by atoms with van der Waals surface area (Å²) in [5, 5.41) is 3.54. The monoisotopic (exact) mass is 285 g/mol. The van der Waals surface area contributed by atoms with Crippen molar-refractivity contribution in [1.29, 1.82) is 0 Å². The molecule has 2 aromatic rings. The number of hydrogen-bond acceptors (Lipinski definition) is 2. The Morgan fingerprint density at radius 1 is 1.19 bits per heavy atom. The molecule has 0 radical (unpaired) electrons. The van der Waals surface area contributed by atoms with Crippen molar-refractivity contribution in [3.05, 3.63) is 65.0 Å². The van der Waals surface area contributed by atoms with Crippen molar-refractivity contribution in [3.63, 3.8) is 0 Å². The van der Waals surface area contributed by atoms with Crippen molar-refractivity contribution < 1.29 is 9.13 Å². The maximum Gasteiger partial charge on any atom is 0.126 e.